The van der Waals surface area contributed by atoms with Crippen LogP contribution in [-0.4, -0.2) is 31.7 Å². The number of anilines is 1. The quantitative estimate of drug-likeness (QED) is 0.665. The molecular weight excluding hydrogens is 266 g/mol. The lowest BCUT2D eigenvalue weighted by Gasteiger charge is -2.24. The highest BCUT2D eigenvalue weighted by Gasteiger charge is 2.24. The maximum absolute atomic E-state index is 6.17. The zero-order valence-corrected chi connectivity index (χ0v) is 12.0. The summed E-state index contributed by atoms with van der Waals surface area (Å²) in [7, 11) is 0. The molecule has 7 heteroatoms. The lowest BCUT2D eigenvalue weighted by atomic mass is 9.84. The Hall–Kier alpha value is -2.54. The van der Waals surface area contributed by atoms with Crippen molar-refractivity contribution in [3.05, 3.63) is 30.4 Å². The van der Waals surface area contributed by atoms with E-state index in [0.717, 1.165) is 16.5 Å². The number of nitrogens with one attached hydrogen (secondary N) is 1. The fraction of sp³-hybridized carbons (Fsp3) is 0.286. The highest BCUT2D eigenvalue weighted by atomic mass is 15.1. The van der Waals surface area contributed by atoms with Crippen molar-refractivity contribution in [2.24, 2.45) is 5.73 Å². The van der Waals surface area contributed by atoms with Gasteiger partial charge in [0, 0.05) is 29.7 Å². The van der Waals surface area contributed by atoms with E-state index >= 15 is 0 Å². The molecule has 108 valence electrons. The molecule has 0 unspecified atom stereocenters. The highest BCUT2D eigenvalue weighted by molar-refractivity contribution is 5.92. The number of nitrogens with zero attached hydrogens (tertiary/aromatic N) is 4. The van der Waals surface area contributed by atoms with E-state index in [1.807, 2.05) is 13.8 Å². The van der Waals surface area contributed by atoms with Gasteiger partial charge < -0.3 is 11.5 Å². The topological polar surface area (TPSA) is 119 Å². The fourth-order valence-electron chi connectivity index (χ4n) is 2.24. The van der Waals surface area contributed by atoms with E-state index in [9.17, 15) is 0 Å². The van der Waals surface area contributed by atoms with E-state index < -0.39 is 0 Å². The zero-order valence-electron chi connectivity index (χ0n) is 12.0. The first-order chi connectivity index (χ1) is 10.0. The number of rotatable bonds is 3. The van der Waals surface area contributed by atoms with Gasteiger partial charge in [-0.25, -0.2) is 9.97 Å². The molecule has 0 bridgehead atoms. The van der Waals surface area contributed by atoms with Gasteiger partial charge in [-0.3, -0.25) is 10.1 Å². The minimum Gasteiger partial charge on any atom is -0.383 e. The first kappa shape index (κ1) is 13.4. The van der Waals surface area contributed by atoms with Crippen molar-refractivity contribution in [2.75, 3.05) is 12.3 Å². The first-order valence-electron chi connectivity index (χ1n) is 6.64. The highest BCUT2D eigenvalue weighted by Crippen LogP contribution is 2.32. The van der Waals surface area contributed by atoms with Crippen molar-refractivity contribution in [1.82, 2.24) is 25.1 Å². The van der Waals surface area contributed by atoms with Crippen molar-refractivity contribution in [3.8, 4) is 11.4 Å². The Morgan fingerprint density at radius 3 is 2.67 bits per heavy atom. The largest absolute Gasteiger partial charge is 0.383 e. The average molecular weight is 283 g/mol. The van der Waals surface area contributed by atoms with E-state index in [4.69, 9.17) is 11.5 Å². The normalized spacial score (nSPS) is 12.0. The lowest BCUT2D eigenvalue weighted by Crippen LogP contribution is -2.28. The summed E-state index contributed by atoms with van der Waals surface area (Å²) in [5.74, 6) is 0.952. The Kier molecular flexibility index (Phi) is 3.06. The number of fused-ring (bicyclic) bond motifs is 1. The SMILES string of the molecule is CC(C)(CN)c1cncc2nc(-c3cn[nH]c3)nc(N)c12. The molecule has 21 heavy (non-hydrogen) atoms. The average Bonchev–Trinajstić information content (AvgIpc) is 3.00. The Bertz CT molecular complexity index is 777. The molecule has 0 saturated carbocycles. The van der Waals surface area contributed by atoms with Gasteiger partial charge in [0.1, 0.15) is 5.82 Å². The summed E-state index contributed by atoms with van der Waals surface area (Å²) in [4.78, 5) is 13.2. The van der Waals surface area contributed by atoms with Crippen LogP contribution in [-0.2, 0) is 5.41 Å². The van der Waals surface area contributed by atoms with Crippen LogP contribution in [0.15, 0.2) is 24.8 Å². The third-order valence-electron chi connectivity index (χ3n) is 3.63. The van der Waals surface area contributed by atoms with Crippen molar-refractivity contribution < 1.29 is 0 Å². The van der Waals surface area contributed by atoms with Crippen molar-refractivity contribution in [2.45, 2.75) is 19.3 Å². The minimum absolute atomic E-state index is 0.249. The Balaban J connectivity index is 2.27. The molecule has 0 radical (unpaired) electrons. The standard InChI is InChI=1S/C14H17N7/c1-14(2,7-15)9-5-17-6-10-11(9)12(16)21-13(20-10)8-3-18-19-4-8/h3-6H,7,15H2,1-2H3,(H,18,19)(H2,16,20,21). The van der Waals surface area contributed by atoms with Gasteiger partial charge in [-0.1, -0.05) is 13.8 Å². The van der Waals surface area contributed by atoms with Gasteiger partial charge in [-0.2, -0.15) is 5.10 Å². The maximum Gasteiger partial charge on any atom is 0.165 e. The van der Waals surface area contributed by atoms with Crippen LogP contribution in [0.4, 0.5) is 5.82 Å². The van der Waals surface area contributed by atoms with Gasteiger partial charge in [0.25, 0.3) is 0 Å². The van der Waals surface area contributed by atoms with Crippen LogP contribution in [0.1, 0.15) is 19.4 Å². The molecule has 0 atom stereocenters. The van der Waals surface area contributed by atoms with Gasteiger partial charge in [-0.05, 0) is 5.56 Å². The number of pyridine rings is 1. The van der Waals surface area contributed by atoms with E-state index in [1.165, 1.54) is 0 Å². The third kappa shape index (κ3) is 2.21. The molecule has 3 aromatic rings. The summed E-state index contributed by atoms with van der Waals surface area (Å²) >= 11 is 0. The molecule has 3 heterocycles. The van der Waals surface area contributed by atoms with E-state index in [0.29, 0.717) is 23.7 Å². The molecule has 0 fully saturated rings. The van der Waals surface area contributed by atoms with Crippen molar-refractivity contribution in [1.29, 1.82) is 0 Å². The second-order valence-electron chi connectivity index (χ2n) is 5.59. The molecule has 0 aromatic carbocycles. The molecule has 0 aliphatic rings. The Morgan fingerprint density at radius 2 is 2.00 bits per heavy atom. The molecule has 5 N–H and O–H groups in total. The lowest BCUT2D eigenvalue weighted by molar-refractivity contribution is 0.542. The van der Waals surface area contributed by atoms with Gasteiger partial charge in [0.2, 0.25) is 0 Å². The number of aromatic nitrogens is 5. The predicted octanol–water partition coefficient (Wildman–Crippen LogP) is 1.23. The van der Waals surface area contributed by atoms with Gasteiger partial charge in [0.05, 0.1) is 23.5 Å². The van der Waals surface area contributed by atoms with Crippen LogP contribution in [0.5, 0.6) is 0 Å². The summed E-state index contributed by atoms with van der Waals surface area (Å²) in [5, 5.41) is 7.45. The molecule has 0 aliphatic carbocycles. The number of H-pyrrole nitrogens is 1. The fourth-order valence-corrected chi connectivity index (χ4v) is 2.24. The summed E-state index contributed by atoms with van der Waals surface area (Å²) in [6, 6.07) is 0. The molecule has 0 amide bonds. The summed E-state index contributed by atoms with van der Waals surface area (Å²) < 4.78 is 0. The van der Waals surface area contributed by atoms with Gasteiger partial charge >= 0.3 is 0 Å². The number of hydrogen-bond acceptors (Lipinski definition) is 6. The monoisotopic (exact) mass is 283 g/mol. The number of aromatic amines is 1. The van der Waals surface area contributed by atoms with Crippen LogP contribution in [0, 0.1) is 0 Å². The maximum atomic E-state index is 6.17. The van der Waals surface area contributed by atoms with E-state index in [-0.39, 0.29) is 5.41 Å². The molecule has 3 aromatic heterocycles. The molecule has 7 nitrogen and oxygen atoms in total. The summed E-state index contributed by atoms with van der Waals surface area (Å²) in [6.45, 7) is 4.58. The molecule has 0 spiro atoms. The second kappa shape index (κ2) is 4.78. The second-order valence-corrected chi connectivity index (χ2v) is 5.59. The third-order valence-corrected chi connectivity index (χ3v) is 3.63. The van der Waals surface area contributed by atoms with E-state index in [1.54, 1.807) is 24.8 Å². The zero-order chi connectivity index (χ0) is 15.0. The molecule has 0 aliphatic heterocycles. The smallest absolute Gasteiger partial charge is 0.165 e. The van der Waals surface area contributed by atoms with Crippen LogP contribution in [0.25, 0.3) is 22.3 Å². The van der Waals surface area contributed by atoms with Crippen LogP contribution in [0.2, 0.25) is 0 Å². The molecular formula is C14H17N7. The minimum atomic E-state index is -0.249. The van der Waals surface area contributed by atoms with Crippen molar-refractivity contribution in [3.63, 3.8) is 0 Å². The summed E-state index contributed by atoms with van der Waals surface area (Å²) in [5.41, 5.74) is 14.2. The molecule has 3 rings (SSSR count). The summed E-state index contributed by atoms with van der Waals surface area (Å²) in [6.07, 6.45) is 6.85. The van der Waals surface area contributed by atoms with E-state index in [2.05, 4.69) is 25.1 Å². The number of nitrogen functional groups attached to an aromatic ring is 1. The first-order valence-corrected chi connectivity index (χ1v) is 6.64. The van der Waals surface area contributed by atoms with Crippen molar-refractivity contribution >= 4 is 16.7 Å². The number of hydrogen-bond donors (Lipinski definition) is 3. The van der Waals surface area contributed by atoms with Crippen LogP contribution >= 0.6 is 0 Å². The Morgan fingerprint density at radius 1 is 1.19 bits per heavy atom. The van der Waals surface area contributed by atoms with Crippen LogP contribution in [0.3, 0.4) is 0 Å². The number of nitrogens with two attached hydrogens (primary N) is 2. The van der Waals surface area contributed by atoms with Gasteiger partial charge in [-0.15, -0.1) is 0 Å². The predicted molar refractivity (Wildman–Crippen MR) is 81.4 cm³/mol. The van der Waals surface area contributed by atoms with Gasteiger partial charge in [0.15, 0.2) is 5.82 Å². The molecule has 0 saturated heterocycles. The van der Waals surface area contributed by atoms with Crippen LogP contribution < -0.4 is 11.5 Å². The Labute approximate surface area is 121 Å².